The highest BCUT2D eigenvalue weighted by atomic mass is 19.2. The summed E-state index contributed by atoms with van der Waals surface area (Å²) in [5, 5.41) is 15.6. The molecule has 1 heterocycles. The number of carbonyl (C=O) groups excluding carboxylic acids is 1. The first-order valence-corrected chi connectivity index (χ1v) is 8.66. The second kappa shape index (κ2) is 10.1. The van der Waals surface area contributed by atoms with Crippen LogP contribution in [0, 0.1) is 22.5 Å². The molecule has 10 heteroatoms. The molecule has 0 unspecified atom stereocenters. The topological polar surface area (TPSA) is 125 Å². The molecule has 1 aromatic heterocycles. The van der Waals surface area contributed by atoms with Gasteiger partial charge in [0, 0.05) is 12.6 Å². The van der Waals surface area contributed by atoms with Crippen LogP contribution >= 0.6 is 0 Å². The van der Waals surface area contributed by atoms with Gasteiger partial charge in [-0.25, -0.2) is 18.6 Å². The zero-order valence-electron chi connectivity index (χ0n) is 15.7. The maximum atomic E-state index is 13.5. The van der Waals surface area contributed by atoms with Crippen LogP contribution in [0.15, 0.2) is 30.3 Å². The minimum absolute atomic E-state index is 0.0294. The first-order valence-electron chi connectivity index (χ1n) is 8.66. The van der Waals surface area contributed by atoms with Crippen LogP contribution in [0.2, 0.25) is 0 Å². The highest BCUT2D eigenvalue weighted by Gasteiger charge is 2.18. The number of amidine groups is 1. The molecule has 154 valence electrons. The lowest BCUT2D eigenvalue weighted by Gasteiger charge is -2.19. The molecule has 0 saturated heterocycles. The largest absolute Gasteiger partial charge is 0.493 e. The standard InChI is InChI=1S/C19H21F2N5O3/c1-28-19(27)12-9-13(20)14(21)10-16(12)29-8-3-2-7-26(11-22)18(24)15-5-4-6-17(23)25-15/h4-6,9-11,22,24H,2-3,7-8H2,1H3,(H2,23,25). The van der Waals surface area contributed by atoms with E-state index in [-0.39, 0.29) is 29.6 Å². The Morgan fingerprint density at radius 1 is 1.28 bits per heavy atom. The molecule has 29 heavy (non-hydrogen) atoms. The minimum atomic E-state index is -1.17. The van der Waals surface area contributed by atoms with Crippen LogP contribution in [0.5, 0.6) is 5.75 Å². The van der Waals surface area contributed by atoms with Gasteiger partial charge in [-0.2, -0.15) is 0 Å². The van der Waals surface area contributed by atoms with Crippen LogP contribution in [0.3, 0.4) is 0 Å². The number of rotatable bonds is 9. The van der Waals surface area contributed by atoms with E-state index in [0.29, 0.717) is 25.1 Å². The van der Waals surface area contributed by atoms with E-state index < -0.39 is 17.6 Å². The van der Waals surface area contributed by atoms with E-state index >= 15 is 0 Å². The number of anilines is 1. The molecular formula is C19H21F2N5O3. The summed E-state index contributed by atoms with van der Waals surface area (Å²) in [4.78, 5) is 17.1. The third-order valence-corrected chi connectivity index (χ3v) is 3.94. The monoisotopic (exact) mass is 405 g/mol. The van der Waals surface area contributed by atoms with E-state index in [9.17, 15) is 13.6 Å². The molecule has 0 radical (unpaired) electrons. The van der Waals surface area contributed by atoms with Crippen LogP contribution in [-0.4, -0.2) is 48.3 Å². The molecule has 0 amide bonds. The molecule has 8 nitrogen and oxygen atoms in total. The van der Waals surface area contributed by atoms with Gasteiger partial charge in [0.15, 0.2) is 17.5 Å². The zero-order chi connectivity index (χ0) is 21.4. The summed E-state index contributed by atoms with van der Waals surface area (Å²) >= 11 is 0. The van der Waals surface area contributed by atoms with Gasteiger partial charge >= 0.3 is 5.97 Å². The Balaban J connectivity index is 1.90. The maximum Gasteiger partial charge on any atom is 0.341 e. The van der Waals surface area contributed by atoms with E-state index in [4.69, 9.17) is 21.3 Å². The number of halogens is 2. The van der Waals surface area contributed by atoms with E-state index in [1.807, 2.05) is 0 Å². The summed E-state index contributed by atoms with van der Waals surface area (Å²) < 4.78 is 36.8. The van der Waals surface area contributed by atoms with Gasteiger partial charge in [0.05, 0.1) is 20.1 Å². The SMILES string of the molecule is COC(=O)c1cc(F)c(F)cc1OCCCCN(C=N)C(=N)c1cccc(N)n1. The van der Waals surface area contributed by atoms with Gasteiger partial charge in [0.1, 0.15) is 22.8 Å². The van der Waals surface area contributed by atoms with Crippen molar-refractivity contribution in [2.75, 3.05) is 26.0 Å². The van der Waals surface area contributed by atoms with Crippen molar-refractivity contribution in [3.8, 4) is 5.75 Å². The van der Waals surface area contributed by atoms with Crippen LogP contribution in [0.1, 0.15) is 28.9 Å². The molecule has 0 bridgehead atoms. The highest BCUT2D eigenvalue weighted by Crippen LogP contribution is 2.23. The quantitative estimate of drug-likeness (QED) is 0.255. The third-order valence-electron chi connectivity index (χ3n) is 3.94. The number of methoxy groups -OCH3 is 1. The second-order valence-corrected chi connectivity index (χ2v) is 5.93. The number of hydrogen-bond acceptors (Lipinski definition) is 7. The van der Waals surface area contributed by atoms with Crippen LogP contribution < -0.4 is 10.5 Å². The van der Waals surface area contributed by atoms with Gasteiger partial charge in [0.2, 0.25) is 0 Å². The Morgan fingerprint density at radius 2 is 2.00 bits per heavy atom. The van der Waals surface area contributed by atoms with Gasteiger partial charge in [-0.05, 0) is 31.0 Å². The van der Waals surface area contributed by atoms with Crippen molar-refractivity contribution in [1.82, 2.24) is 9.88 Å². The molecule has 0 saturated carbocycles. The van der Waals surface area contributed by atoms with Crippen LogP contribution in [0.25, 0.3) is 0 Å². The molecule has 0 atom stereocenters. The molecule has 1 aromatic carbocycles. The van der Waals surface area contributed by atoms with Crippen molar-refractivity contribution in [2.45, 2.75) is 12.8 Å². The fourth-order valence-corrected chi connectivity index (χ4v) is 2.46. The Bertz CT molecular complexity index is 907. The van der Waals surface area contributed by atoms with Gasteiger partial charge in [-0.1, -0.05) is 6.07 Å². The molecular weight excluding hydrogens is 384 g/mol. The normalized spacial score (nSPS) is 10.3. The van der Waals surface area contributed by atoms with Crippen molar-refractivity contribution in [2.24, 2.45) is 0 Å². The number of nitrogens with two attached hydrogens (primary N) is 1. The number of nitrogens with one attached hydrogen (secondary N) is 2. The summed E-state index contributed by atoms with van der Waals surface area (Å²) in [5.41, 5.74) is 5.75. The predicted molar refractivity (Wildman–Crippen MR) is 103 cm³/mol. The fraction of sp³-hybridized carbons (Fsp3) is 0.263. The fourth-order valence-electron chi connectivity index (χ4n) is 2.46. The number of benzene rings is 1. The van der Waals surface area contributed by atoms with E-state index in [1.165, 1.54) is 4.90 Å². The maximum absolute atomic E-state index is 13.5. The Kier molecular flexibility index (Phi) is 7.58. The molecule has 0 aliphatic rings. The van der Waals surface area contributed by atoms with Gasteiger partial charge < -0.3 is 20.1 Å². The summed E-state index contributed by atoms with van der Waals surface area (Å²) in [6, 6.07) is 6.42. The van der Waals surface area contributed by atoms with Crippen LogP contribution in [-0.2, 0) is 4.74 Å². The molecule has 0 spiro atoms. The van der Waals surface area contributed by atoms with Gasteiger partial charge in [-0.15, -0.1) is 0 Å². The Hall–Kier alpha value is -3.56. The summed E-state index contributed by atoms with van der Waals surface area (Å²) in [7, 11) is 1.13. The Morgan fingerprint density at radius 3 is 2.66 bits per heavy atom. The van der Waals surface area contributed by atoms with Crippen molar-refractivity contribution < 1.29 is 23.0 Å². The number of hydrogen-bond donors (Lipinski definition) is 3. The van der Waals surface area contributed by atoms with Gasteiger partial charge in [0.25, 0.3) is 0 Å². The van der Waals surface area contributed by atoms with Crippen molar-refractivity contribution >= 4 is 24.0 Å². The molecule has 2 aromatic rings. The summed E-state index contributed by atoms with van der Waals surface area (Å²) in [6.45, 7) is 0.453. The van der Waals surface area contributed by atoms with E-state index in [2.05, 4.69) is 9.72 Å². The molecule has 0 aliphatic heterocycles. The average Bonchev–Trinajstić information content (AvgIpc) is 2.71. The van der Waals surface area contributed by atoms with Crippen molar-refractivity contribution in [3.05, 3.63) is 53.2 Å². The first kappa shape index (κ1) is 21.7. The average molecular weight is 405 g/mol. The lowest BCUT2D eigenvalue weighted by Crippen LogP contribution is -2.31. The number of pyridine rings is 1. The molecule has 0 aliphatic carbocycles. The second-order valence-electron chi connectivity index (χ2n) is 5.93. The lowest BCUT2D eigenvalue weighted by atomic mass is 10.2. The smallest absolute Gasteiger partial charge is 0.341 e. The lowest BCUT2D eigenvalue weighted by molar-refractivity contribution is 0.0595. The summed E-state index contributed by atoms with van der Waals surface area (Å²) in [5.74, 6) is -2.95. The van der Waals surface area contributed by atoms with Gasteiger partial charge in [-0.3, -0.25) is 10.8 Å². The minimum Gasteiger partial charge on any atom is -0.493 e. The number of unbranched alkanes of at least 4 members (excludes halogenated alkanes) is 1. The molecule has 4 N–H and O–H groups in total. The van der Waals surface area contributed by atoms with E-state index in [0.717, 1.165) is 25.6 Å². The zero-order valence-corrected chi connectivity index (χ0v) is 15.7. The number of nitrogens with zero attached hydrogens (tertiary/aromatic N) is 2. The Labute approximate surface area is 166 Å². The van der Waals surface area contributed by atoms with Crippen LogP contribution in [0.4, 0.5) is 14.6 Å². The number of aromatic nitrogens is 1. The van der Waals surface area contributed by atoms with Crippen molar-refractivity contribution in [1.29, 1.82) is 10.8 Å². The number of esters is 1. The first-order chi connectivity index (χ1) is 13.9. The van der Waals surface area contributed by atoms with E-state index in [1.54, 1.807) is 18.2 Å². The molecule has 0 fully saturated rings. The number of nitrogen functional groups attached to an aromatic ring is 1. The predicted octanol–water partition coefficient (Wildman–Crippen LogP) is 2.82. The number of carbonyl (C=O) groups is 1. The number of ether oxygens (including phenoxy) is 2. The molecule has 2 rings (SSSR count). The highest BCUT2D eigenvalue weighted by molar-refractivity contribution is 6.00. The van der Waals surface area contributed by atoms with Crippen molar-refractivity contribution in [3.63, 3.8) is 0 Å². The third kappa shape index (κ3) is 5.71. The summed E-state index contributed by atoms with van der Waals surface area (Å²) in [6.07, 6.45) is 2.01.